The summed E-state index contributed by atoms with van der Waals surface area (Å²) >= 11 is 6.39. The quantitative estimate of drug-likeness (QED) is 0.646. The van der Waals surface area contributed by atoms with Crippen molar-refractivity contribution in [2.45, 2.75) is 44.7 Å². The molecule has 2 aromatic rings. The highest BCUT2D eigenvalue weighted by molar-refractivity contribution is 6.31. The van der Waals surface area contributed by atoms with Crippen LogP contribution in [-0.4, -0.2) is 19.1 Å². The van der Waals surface area contributed by atoms with Gasteiger partial charge in [-0.15, -0.1) is 0 Å². The molecule has 1 saturated carbocycles. The number of nitrogens with one attached hydrogen (secondary N) is 2. The van der Waals surface area contributed by atoms with E-state index in [0.717, 1.165) is 27.5 Å². The van der Waals surface area contributed by atoms with Gasteiger partial charge in [0.15, 0.2) is 0 Å². The third-order valence-electron chi connectivity index (χ3n) is 5.33. The van der Waals surface area contributed by atoms with Crippen LogP contribution in [0.3, 0.4) is 0 Å². The van der Waals surface area contributed by atoms with Gasteiger partial charge in [0.25, 0.3) is 0 Å². The van der Waals surface area contributed by atoms with E-state index in [4.69, 9.17) is 17.3 Å². The van der Waals surface area contributed by atoms with Gasteiger partial charge in [-0.2, -0.15) is 0 Å². The van der Waals surface area contributed by atoms with E-state index in [1.54, 1.807) is 0 Å². The zero-order valence-electron chi connectivity index (χ0n) is 15.6. The van der Waals surface area contributed by atoms with Crippen LogP contribution in [0.5, 0.6) is 0 Å². The lowest BCUT2D eigenvalue weighted by atomic mass is 9.91. The summed E-state index contributed by atoms with van der Waals surface area (Å²) in [6.07, 6.45) is 6.78. The Hall–Kier alpha value is -1.97. The van der Waals surface area contributed by atoms with E-state index in [1.807, 2.05) is 48.5 Å². The van der Waals surface area contributed by atoms with Crippen LogP contribution in [0.2, 0.25) is 5.02 Å². The molecule has 3 nitrogen and oxygen atoms in total. The summed E-state index contributed by atoms with van der Waals surface area (Å²) in [6, 6.07) is 15.2. The fourth-order valence-electron chi connectivity index (χ4n) is 3.63. The lowest BCUT2D eigenvalue weighted by Gasteiger charge is -2.30. The second-order valence-electron chi connectivity index (χ2n) is 7.11. The lowest BCUT2D eigenvalue weighted by molar-refractivity contribution is 0.371. The lowest BCUT2D eigenvalue weighted by Crippen LogP contribution is -2.35. The Bertz CT molecular complexity index is 762. The maximum atomic E-state index is 6.39. The molecular formula is C22H28ClN3. The minimum Gasteiger partial charge on any atom is -0.398 e. The number of hydrogen-bond donors (Lipinski definition) is 3. The minimum absolute atomic E-state index is 0.500. The average Bonchev–Trinajstić information content (AvgIpc) is 2.66. The van der Waals surface area contributed by atoms with Gasteiger partial charge in [0, 0.05) is 28.5 Å². The molecule has 0 radical (unpaired) electrons. The Labute approximate surface area is 161 Å². The molecule has 3 rings (SSSR count). The first kappa shape index (κ1) is 18.8. The van der Waals surface area contributed by atoms with E-state index >= 15 is 0 Å². The smallest absolute Gasteiger partial charge is 0.0432 e. The first-order valence-electron chi connectivity index (χ1n) is 9.33. The molecule has 0 atom stereocenters. The molecule has 0 saturated heterocycles. The average molecular weight is 370 g/mol. The summed E-state index contributed by atoms with van der Waals surface area (Å²) in [5.74, 6) is 0. The molecule has 26 heavy (non-hydrogen) atoms. The second-order valence-corrected chi connectivity index (χ2v) is 7.55. The normalized spacial score (nSPS) is 20.8. The molecule has 138 valence electrons. The van der Waals surface area contributed by atoms with Gasteiger partial charge in [-0.25, -0.2) is 0 Å². The first-order chi connectivity index (χ1) is 12.6. The number of benzene rings is 2. The Morgan fingerprint density at radius 3 is 2.38 bits per heavy atom. The highest BCUT2D eigenvalue weighted by Crippen LogP contribution is 2.30. The number of halogens is 1. The van der Waals surface area contributed by atoms with E-state index in [1.165, 1.54) is 31.2 Å². The number of rotatable bonds is 5. The maximum absolute atomic E-state index is 6.39. The van der Waals surface area contributed by atoms with Crippen LogP contribution >= 0.6 is 11.6 Å². The molecular weight excluding hydrogens is 342 g/mol. The SMILES string of the molecule is CNC1CCC(Nc2cc(Cl)cc(/C=C(\N)c3ccccc3)c2C)CC1. The number of hydrogen-bond acceptors (Lipinski definition) is 3. The summed E-state index contributed by atoms with van der Waals surface area (Å²) in [7, 11) is 2.05. The molecule has 0 unspecified atom stereocenters. The van der Waals surface area contributed by atoms with Crippen molar-refractivity contribution in [3.05, 3.63) is 64.2 Å². The fourth-order valence-corrected chi connectivity index (χ4v) is 3.85. The fraction of sp³-hybridized carbons (Fsp3) is 0.364. The van der Waals surface area contributed by atoms with Gasteiger partial charge in [-0.1, -0.05) is 41.9 Å². The molecule has 4 N–H and O–H groups in total. The van der Waals surface area contributed by atoms with Gasteiger partial charge >= 0.3 is 0 Å². The highest BCUT2D eigenvalue weighted by Gasteiger charge is 2.20. The molecule has 0 amide bonds. The largest absolute Gasteiger partial charge is 0.398 e. The number of anilines is 1. The Kier molecular flexibility index (Phi) is 6.23. The van der Waals surface area contributed by atoms with Gasteiger partial charge in [0.05, 0.1) is 0 Å². The van der Waals surface area contributed by atoms with Gasteiger partial charge in [0.1, 0.15) is 0 Å². The predicted octanol–water partition coefficient (Wildman–Crippen LogP) is 5.05. The Morgan fingerprint density at radius 2 is 1.73 bits per heavy atom. The summed E-state index contributed by atoms with van der Waals surface area (Å²) in [5, 5.41) is 7.82. The topological polar surface area (TPSA) is 50.1 Å². The molecule has 1 aliphatic carbocycles. The van der Waals surface area contributed by atoms with E-state index in [2.05, 4.69) is 24.6 Å². The van der Waals surface area contributed by atoms with Crippen molar-refractivity contribution in [1.82, 2.24) is 5.32 Å². The summed E-state index contributed by atoms with van der Waals surface area (Å²) in [6.45, 7) is 2.13. The van der Waals surface area contributed by atoms with E-state index in [0.29, 0.717) is 12.1 Å². The monoisotopic (exact) mass is 369 g/mol. The van der Waals surface area contributed by atoms with Gasteiger partial charge in [-0.05, 0) is 74.6 Å². The molecule has 1 fully saturated rings. The van der Waals surface area contributed by atoms with Crippen molar-refractivity contribution in [3.63, 3.8) is 0 Å². The van der Waals surface area contributed by atoms with Crippen LogP contribution in [0.25, 0.3) is 11.8 Å². The van der Waals surface area contributed by atoms with Crippen molar-refractivity contribution in [2.75, 3.05) is 12.4 Å². The second kappa shape index (κ2) is 8.61. The molecule has 2 aromatic carbocycles. The zero-order chi connectivity index (χ0) is 18.5. The van der Waals surface area contributed by atoms with E-state index in [9.17, 15) is 0 Å². The third-order valence-corrected chi connectivity index (χ3v) is 5.54. The Morgan fingerprint density at radius 1 is 1.08 bits per heavy atom. The van der Waals surface area contributed by atoms with E-state index in [-0.39, 0.29) is 0 Å². The van der Waals surface area contributed by atoms with Crippen LogP contribution < -0.4 is 16.4 Å². The summed E-state index contributed by atoms with van der Waals surface area (Å²) < 4.78 is 0. The highest BCUT2D eigenvalue weighted by atomic mass is 35.5. The minimum atomic E-state index is 0.500. The molecule has 0 aromatic heterocycles. The summed E-state index contributed by atoms with van der Waals surface area (Å²) in [5.41, 5.74) is 11.4. The van der Waals surface area contributed by atoms with Crippen LogP contribution in [0.4, 0.5) is 5.69 Å². The van der Waals surface area contributed by atoms with E-state index < -0.39 is 0 Å². The van der Waals surface area contributed by atoms with Gasteiger partial charge in [0.2, 0.25) is 0 Å². The van der Waals surface area contributed by atoms with Crippen LogP contribution in [0, 0.1) is 6.92 Å². The molecule has 0 bridgehead atoms. The van der Waals surface area contributed by atoms with Crippen molar-refractivity contribution >= 4 is 29.1 Å². The first-order valence-corrected chi connectivity index (χ1v) is 9.71. The third kappa shape index (κ3) is 4.60. The van der Waals surface area contributed by atoms with Crippen molar-refractivity contribution in [2.24, 2.45) is 5.73 Å². The summed E-state index contributed by atoms with van der Waals surface area (Å²) in [4.78, 5) is 0. The Balaban J connectivity index is 1.80. The number of nitrogens with two attached hydrogens (primary N) is 1. The van der Waals surface area contributed by atoms with Gasteiger partial charge < -0.3 is 16.4 Å². The van der Waals surface area contributed by atoms with Crippen LogP contribution in [0.15, 0.2) is 42.5 Å². The van der Waals surface area contributed by atoms with Crippen molar-refractivity contribution in [1.29, 1.82) is 0 Å². The van der Waals surface area contributed by atoms with Crippen LogP contribution in [0.1, 0.15) is 42.4 Å². The van der Waals surface area contributed by atoms with Crippen molar-refractivity contribution in [3.8, 4) is 0 Å². The van der Waals surface area contributed by atoms with Crippen LogP contribution in [-0.2, 0) is 0 Å². The zero-order valence-corrected chi connectivity index (χ0v) is 16.3. The molecule has 1 aliphatic rings. The van der Waals surface area contributed by atoms with Crippen molar-refractivity contribution < 1.29 is 0 Å². The maximum Gasteiger partial charge on any atom is 0.0432 e. The molecule has 0 heterocycles. The molecule has 4 heteroatoms. The molecule has 0 aliphatic heterocycles. The molecule has 0 spiro atoms. The predicted molar refractivity (Wildman–Crippen MR) is 113 cm³/mol. The standard InChI is InChI=1S/C22H28ClN3/c1-15-17(13-21(24)16-6-4-3-5-7-16)12-18(23)14-22(15)26-20-10-8-19(25-2)9-11-20/h3-7,12-14,19-20,25-26H,8-11,24H2,1-2H3/b21-13-. The van der Waals surface area contributed by atoms with Gasteiger partial charge in [-0.3, -0.25) is 0 Å².